The van der Waals surface area contributed by atoms with Gasteiger partial charge in [0, 0.05) is 5.02 Å². The van der Waals surface area contributed by atoms with Crippen molar-refractivity contribution in [1.82, 2.24) is 5.43 Å². The molecule has 0 spiro atoms. The molecule has 0 bridgehead atoms. The molecule has 0 heterocycles. The highest BCUT2D eigenvalue weighted by atomic mass is 35.5. The second kappa shape index (κ2) is 6.89. The van der Waals surface area contributed by atoms with Crippen molar-refractivity contribution in [2.75, 3.05) is 7.11 Å². The van der Waals surface area contributed by atoms with E-state index >= 15 is 0 Å². The van der Waals surface area contributed by atoms with E-state index in [0.717, 1.165) is 16.9 Å². The van der Waals surface area contributed by atoms with Crippen LogP contribution in [-0.4, -0.2) is 7.11 Å². The van der Waals surface area contributed by atoms with Gasteiger partial charge in [0.2, 0.25) is 0 Å². The van der Waals surface area contributed by atoms with Crippen LogP contribution >= 0.6 is 11.6 Å². The maximum atomic E-state index is 13.9. The van der Waals surface area contributed by atoms with Gasteiger partial charge in [0.1, 0.15) is 11.6 Å². The number of ether oxygens (including phenoxy) is 1. The number of hydrogen-bond donors (Lipinski definition) is 2. The van der Waals surface area contributed by atoms with Crippen LogP contribution in [0.1, 0.15) is 22.7 Å². The maximum Gasteiger partial charge on any atom is 0.127 e. The van der Waals surface area contributed by atoms with Crippen molar-refractivity contribution in [1.29, 1.82) is 0 Å². The molecule has 0 fully saturated rings. The number of hydrazine groups is 1. The lowest BCUT2D eigenvalue weighted by atomic mass is 9.98. The quantitative estimate of drug-likeness (QED) is 0.656. The highest BCUT2D eigenvalue weighted by Crippen LogP contribution is 2.26. The number of halogens is 2. The summed E-state index contributed by atoms with van der Waals surface area (Å²) in [6.07, 6.45) is 0.422. The zero-order chi connectivity index (χ0) is 15.4. The molecule has 0 amide bonds. The molecule has 0 aromatic heterocycles. The summed E-state index contributed by atoms with van der Waals surface area (Å²) < 4.78 is 19.2. The number of nitrogens with one attached hydrogen (secondary N) is 1. The van der Waals surface area contributed by atoms with Gasteiger partial charge < -0.3 is 4.74 Å². The van der Waals surface area contributed by atoms with Gasteiger partial charge in [0.05, 0.1) is 13.2 Å². The predicted octanol–water partition coefficient (Wildman–Crippen LogP) is 3.54. The van der Waals surface area contributed by atoms with Gasteiger partial charge in [-0.2, -0.15) is 0 Å². The van der Waals surface area contributed by atoms with Crippen molar-refractivity contribution in [2.45, 2.75) is 19.4 Å². The van der Waals surface area contributed by atoms with E-state index in [4.69, 9.17) is 22.2 Å². The second-order valence-corrected chi connectivity index (χ2v) is 5.32. The van der Waals surface area contributed by atoms with Gasteiger partial charge in [-0.1, -0.05) is 29.8 Å². The summed E-state index contributed by atoms with van der Waals surface area (Å²) >= 11 is 5.76. The highest BCUT2D eigenvalue weighted by molar-refractivity contribution is 6.30. The van der Waals surface area contributed by atoms with Crippen LogP contribution in [0.2, 0.25) is 5.02 Å². The predicted molar refractivity (Wildman–Crippen MR) is 82.9 cm³/mol. The van der Waals surface area contributed by atoms with Gasteiger partial charge in [-0.15, -0.1) is 0 Å². The molecule has 112 valence electrons. The lowest BCUT2D eigenvalue weighted by molar-refractivity contribution is 0.409. The average molecular weight is 309 g/mol. The van der Waals surface area contributed by atoms with Gasteiger partial charge in [0.25, 0.3) is 0 Å². The Morgan fingerprint density at radius 2 is 2.05 bits per heavy atom. The van der Waals surface area contributed by atoms with Crippen LogP contribution in [0.3, 0.4) is 0 Å². The molecular formula is C16H18ClFN2O. The van der Waals surface area contributed by atoms with E-state index < -0.39 is 0 Å². The lowest BCUT2D eigenvalue weighted by Crippen LogP contribution is -2.29. The molecule has 0 aliphatic heterocycles. The van der Waals surface area contributed by atoms with Crippen LogP contribution in [0.4, 0.5) is 4.39 Å². The van der Waals surface area contributed by atoms with E-state index in [1.54, 1.807) is 19.2 Å². The Bertz CT molecular complexity index is 634. The average Bonchev–Trinajstić information content (AvgIpc) is 2.47. The standard InChI is InChI=1S/C16H18ClFN2O/c1-10-3-4-12(8-16(10)21-2)15(20-19)7-11-5-6-13(17)9-14(11)18/h3-6,8-9,15,20H,7,19H2,1-2H3. The third-order valence-electron chi connectivity index (χ3n) is 3.47. The number of benzene rings is 2. The zero-order valence-corrected chi connectivity index (χ0v) is 12.7. The Balaban J connectivity index is 2.27. The Hall–Kier alpha value is -1.62. The Labute approximate surface area is 128 Å². The van der Waals surface area contributed by atoms with Crippen molar-refractivity contribution < 1.29 is 9.13 Å². The number of aryl methyl sites for hydroxylation is 1. The van der Waals surface area contributed by atoms with E-state index in [2.05, 4.69) is 5.43 Å². The Kier molecular flexibility index (Phi) is 5.17. The minimum atomic E-state index is -0.332. The van der Waals surface area contributed by atoms with Crippen LogP contribution in [-0.2, 0) is 6.42 Å². The minimum Gasteiger partial charge on any atom is -0.496 e. The Morgan fingerprint density at radius 1 is 1.29 bits per heavy atom. The summed E-state index contributed by atoms with van der Waals surface area (Å²) in [7, 11) is 1.62. The minimum absolute atomic E-state index is 0.213. The maximum absolute atomic E-state index is 13.9. The fraction of sp³-hybridized carbons (Fsp3) is 0.250. The van der Waals surface area contributed by atoms with Crippen LogP contribution in [0.15, 0.2) is 36.4 Å². The topological polar surface area (TPSA) is 47.3 Å². The molecule has 5 heteroatoms. The molecule has 2 rings (SSSR count). The third-order valence-corrected chi connectivity index (χ3v) is 3.71. The molecular weight excluding hydrogens is 291 g/mol. The Morgan fingerprint density at radius 3 is 2.67 bits per heavy atom. The number of hydrogen-bond acceptors (Lipinski definition) is 3. The van der Waals surface area contributed by atoms with Crippen molar-refractivity contribution >= 4 is 11.6 Å². The normalized spacial score (nSPS) is 12.2. The number of methoxy groups -OCH3 is 1. The van der Waals surface area contributed by atoms with Crippen LogP contribution in [0, 0.1) is 12.7 Å². The number of rotatable bonds is 5. The fourth-order valence-corrected chi connectivity index (χ4v) is 2.39. The molecule has 21 heavy (non-hydrogen) atoms. The molecule has 1 unspecified atom stereocenters. The van der Waals surface area contributed by atoms with Gasteiger partial charge in [-0.25, -0.2) is 4.39 Å². The van der Waals surface area contributed by atoms with E-state index in [1.807, 2.05) is 25.1 Å². The zero-order valence-electron chi connectivity index (χ0n) is 12.0. The van der Waals surface area contributed by atoms with Gasteiger partial charge in [0.15, 0.2) is 0 Å². The van der Waals surface area contributed by atoms with E-state index in [1.165, 1.54) is 6.07 Å². The van der Waals surface area contributed by atoms with Gasteiger partial charge in [-0.05, 0) is 48.2 Å². The van der Waals surface area contributed by atoms with E-state index in [0.29, 0.717) is 17.0 Å². The van der Waals surface area contributed by atoms with Crippen molar-refractivity contribution in [2.24, 2.45) is 5.84 Å². The first kappa shape index (κ1) is 15.8. The molecule has 0 aliphatic rings. The van der Waals surface area contributed by atoms with Gasteiger partial charge >= 0.3 is 0 Å². The first-order valence-electron chi connectivity index (χ1n) is 6.59. The molecule has 3 N–H and O–H groups in total. The molecule has 2 aromatic carbocycles. The van der Waals surface area contributed by atoms with Gasteiger partial charge in [-0.3, -0.25) is 11.3 Å². The largest absolute Gasteiger partial charge is 0.496 e. The smallest absolute Gasteiger partial charge is 0.127 e. The first-order valence-corrected chi connectivity index (χ1v) is 6.97. The number of nitrogens with two attached hydrogens (primary N) is 1. The summed E-state index contributed by atoms with van der Waals surface area (Å²) in [5.41, 5.74) is 5.26. The van der Waals surface area contributed by atoms with Crippen molar-refractivity contribution in [3.63, 3.8) is 0 Å². The SMILES string of the molecule is COc1cc(C(Cc2ccc(Cl)cc2F)NN)ccc1C. The molecule has 2 aromatic rings. The molecule has 1 atom stereocenters. The third kappa shape index (κ3) is 3.73. The van der Waals surface area contributed by atoms with Crippen LogP contribution in [0.25, 0.3) is 0 Å². The lowest BCUT2D eigenvalue weighted by Gasteiger charge is -2.18. The monoisotopic (exact) mass is 308 g/mol. The fourth-order valence-electron chi connectivity index (χ4n) is 2.23. The summed E-state index contributed by atoms with van der Waals surface area (Å²) in [4.78, 5) is 0. The van der Waals surface area contributed by atoms with Crippen molar-refractivity contribution in [3.8, 4) is 5.75 Å². The summed E-state index contributed by atoms with van der Waals surface area (Å²) in [5.74, 6) is 6.07. The molecule has 0 radical (unpaired) electrons. The molecule has 3 nitrogen and oxygen atoms in total. The van der Waals surface area contributed by atoms with Crippen LogP contribution in [0.5, 0.6) is 5.75 Å². The second-order valence-electron chi connectivity index (χ2n) is 4.89. The molecule has 0 aliphatic carbocycles. The summed E-state index contributed by atoms with van der Waals surface area (Å²) in [5, 5.41) is 0.380. The molecule has 0 saturated carbocycles. The summed E-state index contributed by atoms with van der Waals surface area (Å²) in [6, 6.07) is 10.3. The highest BCUT2D eigenvalue weighted by Gasteiger charge is 2.15. The first-order chi connectivity index (χ1) is 10.0. The summed E-state index contributed by atoms with van der Waals surface area (Å²) in [6.45, 7) is 1.96. The molecule has 0 saturated heterocycles. The van der Waals surface area contributed by atoms with Crippen LogP contribution < -0.4 is 16.0 Å². The van der Waals surface area contributed by atoms with E-state index in [-0.39, 0.29) is 11.9 Å². The van der Waals surface area contributed by atoms with Crippen molar-refractivity contribution in [3.05, 3.63) is 63.9 Å². The van der Waals surface area contributed by atoms with E-state index in [9.17, 15) is 4.39 Å².